The third-order valence-corrected chi connectivity index (χ3v) is 5.53. The lowest BCUT2D eigenvalue weighted by Crippen LogP contribution is -2.21. The topological polar surface area (TPSA) is 112 Å². The minimum atomic E-state index is -0.552. The Balaban J connectivity index is 1.82. The second kappa shape index (κ2) is 8.49. The van der Waals surface area contributed by atoms with Crippen LogP contribution in [-0.4, -0.2) is 16.0 Å². The molecular formula is C21H13BrN4O3S. The molecule has 0 aliphatic heterocycles. The van der Waals surface area contributed by atoms with Gasteiger partial charge in [0.15, 0.2) is 0 Å². The fraction of sp³-hybridized carbons (Fsp3) is 0.0476. The van der Waals surface area contributed by atoms with E-state index in [1.807, 2.05) is 35.7 Å². The summed E-state index contributed by atoms with van der Waals surface area (Å²) in [4.78, 5) is 16.4. The number of aromatic hydroxyl groups is 1. The monoisotopic (exact) mass is 480 g/mol. The summed E-state index contributed by atoms with van der Waals surface area (Å²) < 4.78 is 6.80. The number of nitrogens with zero attached hydrogens (tertiary/aromatic N) is 3. The van der Waals surface area contributed by atoms with Crippen LogP contribution in [0, 0.1) is 11.3 Å². The molecule has 0 unspecified atom stereocenters. The summed E-state index contributed by atoms with van der Waals surface area (Å²) in [7, 11) is 0. The maximum absolute atomic E-state index is 11.7. The normalized spacial score (nSPS) is 11.4. The minimum Gasteiger partial charge on any atom is -0.508 e. The van der Waals surface area contributed by atoms with Crippen molar-refractivity contribution >= 4 is 44.1 Å². The van der Waals surface area contributed by atoms with Crippen molar-refractivity contribution < 1.29 is 14.3 Å². The number of hydrogen-bond donors (Lipinski definition) is 2. The van der Waals surface area contributed by atoms with Gasteiger partial charge in [-0.25, -0.2) is 10.4 Å². The Kier molecular flexibility index (Phi) is 5.61. The molecule has 2 heterocycles. The number of amides is 1. The molecule has 9 heteroatoms. The number of nitriles is 1. The Labute approximate surface area is 183 Å². The molecule has 7 nitrogen and oxygen atoms in total. The van der Waals surface area contributed by atoms with Crippen LogP contribution in [0.3, 0.4) is 0 Å². The highest BCUT2D eigenvalue weighted by molar-refractivity contribution is 9.10. The molecule has 2 aromatic carbocycles. The number of fused-ring (bicyclic) bond motifs is 1. The van der Waals surface area contributed by atoms with E-state index in [0.29, 0.717) is 16.2 Å². The van der Waals surface area contributed by atoms with Crippen molar-refractivity contribution in [3.05, 3.63) is 63.9 Å². The van der Waals surface area contributed by atoms with E-state index in [9.17, 15) is 9.90 Å². The van der Waals surface area contributed by atoms with Gasteiger partial charge in [0.2, 0.25) is 5.55 Å². The molecule has 148 valence electrons. The molecule has 4 aromatic rings. The molecule has 2 aromatic heterocycles. The molecule has 0 spiro atoms. The fourth-order valence-corrected chi connectivity index (χ4v) is 3.82. The van der Waals surface area contributed by atoms with Crippen LogP contribution in [0.4, 0.5) is 0 Å². The average molecular weight is 481 g/mol. The highest BCUT2D eigenvalue weighted by Gasteiger charge is 2.13. The molecule has 0 aliphatic rings. The fourth-order valence-electron chi connectivity index (χ4n) is 2.72. The molecule has 0 atom stereocenters. The van der Waals surface area contributed by atoms with Gasteiger partial charge in [-0.05, 0) is 30.3 Å². The Morgan fingerprint density at radius 1 is 1.27 bits per heavy atom. The summed E-state index contributed by atoms with van der Waals surface area (Å²) in [6.45, 7) is 0. The van der Waals surface area contributed by atoms with Crippen LogP contribution in [0.2, 0.25) is 0 Å². The summed E-state index contributed by atoms with van der Waals surface area (Å²) in [5.74, 6) is -0.505. The van der Waals surface area contributed by atoms with Crippen LogP contribution >= 0.6 is 27.3 Å². The van der Waals surface area contributed by atoms with E-state index in [0.717, 1.165) is 21.1 Å². The molecule has 1 amide bonds. The number of carbonyl (C=O) groups is 1. The van der Waals surface area contributed by atoms with Crippen LogP contribution in [0.5, 0.6) is 5.75 Å². The van der Waals surface area contributed by atoms with Crippen molar-refractivity contribution in [1.29, 1.82) is 5.26 Å². The number of aromatic nitrogens is 1. The summed E-state index contributed by atoms with van der Waals surface area (Å²) in [6, 6.07) is 16.1. The van der Waals surface area contributed by atoms with Gasteiger partial charge in [0.05, 0.1) is 17.3 Å². The SMILES string of the molecule is N#CCC(=O)N/N=c1/oc2cc(O)ccc2cc1-c1nc(-c2ccc(Br)cc2)cs1. The molecule has 4 rings (SSSR count). The van der Waals surface area contributed by atoms with Crippen LogP contribution in [0.25, 0.3) is 32.8 Å². The van der Waals surface area contributed by atoms with Crippen molar-refractivity contribution in [2.45, 2.75) is 6.42 Å². The van der Waals surface area contributed by atoms with Crippen LogP contribution in [0.1, 0.15) is 6.42 Å². The molecule has 0 saturated heterocycles. The number of phenolic OH excluding ortho intramolecular Hbond substituents is 1. The van der Waals surface area contributed by atoms with Crippen molar-refractivity contribution in [3.63, 3.8) is 0 Å². The number of phenols is 1. The second-order valence-electron chi connectivity index (χ2n) is 6.21. The molecule has 0 saturated carbocycles. The lowest BCUT2D eigenvalue weighted by molar-refractivity contribution is -0.120. The molecule has 0 radical (unpaired) electrons. The predicted octanol–water partition coefficient (Wildman–Crippen LogP) is 4.54. The number of benzene rings is 2. The smallest absolute Gasteiger partial charge is 0.254 e. The lowest BCUT2D eigenvalue weighted by atomic mass is 10.1. The Hall–Kier alpha value is -3.48. The number of carbonyl (C=O) groups excluding carboxylic acids is 1. The quantitative estimate of drug-likeness (QED) is 0.416. The van der Waals surface area contributed by atoms with E-state index < -0.39 is 5.91 Å². The zero-order chi connectivity index (χ0) is 21.1. The second-order valence-corrected chi connectivity index (χ2v) is 7.99. The summed E-state index contributed by atoms with van der Waals surface area (Å²) in [5, 5.41) is 25.7. The van der Waals surface area contributed by atoms with Crippen LogP contribution in [0.15, 0.2) is 67.9 Å². The third kappa shape index (κ3) is 4.25. The molecular weight excluding hydrogens is 468 g/mol. The van der Waals surface area contributed by atoms with Gasteiger partial charge in [-0.1, -0.05) is 28.1 Å². The van der Waals surface area contributed by atoms with Gasteiger partial charge in [0, 0.05) is 26.9 Å². The number of thiazole rings is 1. The zero-order valence-corrected chi connectivity index (χ0v) is 17.7. The first-order chi connectivity index (χ1) is 14.5. The van der Waals surface area contributed by atoms with Crippen molar-refractivity contribution in [1.82, 2.24) is 10.4 Å². The van der Waals surface area contributed by atoms with Gasteiger partial charge in [-0.15, -0.1) is 16.4 Å². The number of hydrogen-bond acceptors (Lipinski definition) is 7. The van der Waals surface area contributed by atoms with Crippen LogP contribution < -0.4 is 11.0 Å². The highest BCUT2D eigenvalue weighted by atomic mass is 79.9. The molecule has 30 heavy (non-hydrogen) atoms. The number of rotatable bonds is 4. The third-order valence-electron chi connectivity index (χ3n) is 4.13. The summed E-state index contributed by atoms with van der Waals surface area (Å²) >= 11 is 4.84. The minimum absolute atomic E-state index is 0.0465. The van der Waals surface area contributed by atoms with Gasteiger partial charge >= 0.3 is 0 Å². The first kappa shape index (κ1) is 19.8. The summed E-state index contributed by atoms with van der Waals surface area (Å²) in [5.41, 5.74) is 5.18. The van der Waals surface area contributed by atoms with E-state index in [2.05, 4.69) is 26.5 Å². The van der Waals surface area contributed by atoms with Crippen molar-refractivity contribution in [3.8, 4) is 33.6 Å². The highest BCUT2D eigenvalue weighted by Crippen LogP contribution is 2.30. The molecule has 0 aliphatic carbocycles. The Morgan fingerprint density at radius 3 is 2.83 bits per heavy atom. The Morgan fingerprint density at radius 2 is 2.07 bits per heavy atom. The van der Waals surface area contributed by atoms with Crippen molar-refractivity contribution in [2.24, 2.45) is 5.10 Å². The van der Waals surface area contributed by atoms with E-state index in [-0.39, 0.29) is 17.7 Å². The van der Waals surface area contributed by atoms with Gasteiger partial charge in [0.25, 0.3) is 5.91 Å². The molecule has 2 N–H and O–H groups in total. The van der Waals surface area contributed by atoms with E-state index in [1.54, 1.807) is 18.2 Å². The summed E-state index contributed by atoms with van der Waals surface area (Å²) in [6.07, 6.45) is -0.321. The van der Waals surface area contributed by atoms with Gasteiger partial charge < -0.3 is 9.52 Å². The number of halogens is 1. The van der Waals surface area contributed by atoms with Crippen LogP contribution in [-0.2, 0) is 4.79 Å². The predicted molar refractivity (Wildman–Crippen MR) is 116 cm³/mol. The maximum Gasteiger partial charge on any atom is 0.254 e. The van der Waals surface area contributed by atoms with E-state index >= 15 is 0 Å². The first-order valence-corrected chi connectivity index (χ1v) is 10.4. The average Bonchev–Trinajstić information content (AvgIpc) is 3.22. The lowest BCUT2D eigenvalue weighted by Gasteiger charge is -2.03. The van der Waals surface area contributed by atoms with Gasteiger partial charge in [-0.3, -0.25) is 4.79 Å². The molecule has 0 fully saturated rings. The standard InChI is InChI=1S/C21H13BrN4O3S/c22-14-4-1-12(2-5-14)17-11-30-21(24-17)16-9-13-3-6-15(27)10-18(13)29-20(16)26-25-19(28)7-8-23/h1-6,9-11,27H,7H2,(H,25,28)/b26-20+. The maximum atomic E-state index is 11.7. The van der Waals surface area contributed by atoms with E-state index in [4.69, 9.17) is 14.7 Å². The molecule has 0 bridgehead atoms. The Bertz CT molecular complexity index is 1350. The van der Waals surface area contributed by atoms with E-state index in [1.165, 1.54) is 17.4 Å². The van der Waals surface area contributed by atoms with Crippen molar-refractivity contribution in [2.75, 3.05) is 0 Å². The number of nitrogens with one attached hydrogen (secondary N) is 1. The van der Waals surface area contributed by atoms with Gasteiger partial charge in [0.1, 0.15) is 22.8 Å². The first-order valence-electron chi connectivity index (χ1n) is 8.72. The van der Waals surface area contributed by atoms with Gasteiger partial charge in [-0.2, -0.15) is 5.26 Å². The zero-order valence-electron chi connectivity index (χ0n) is 15.3. The largest absolute Gasteiger partial charge is 0.508 e.